The van der Waals surface area contributed by atoms with Gasteiger partial charge in [-0.05, 0) is 54.3 Å². The van der Waals surface area contributed by atoms with E-state index in [1.807, 2.05) is 54.6 Å². The van der Waals surface area contributed by atoms with Crippen molar-refractivity contribution in [3.05, 3.63) is 143 Å². The van der Waals surface area contributed by atoms with Gasteiger partial charge in [0.1, 0.15) is 11.5 Å². The van der Waals surface area contributed by atoms with Crippen LogP contribution in [0, 0.1) is 0 Å². The van der Waals surface area contributed by atoms with Gasteiger partial charge in [-0.1, -0.05) is 91.4 Å². The fourth-order valence-corrected chi connectivity index (χ4v) is 6.56. The van der Waals surface area contributed by atoms with Crippen molar-refractivity contribution >= 4 is 46.6 Å². The number of fused-ring (bicyclic) bond motifs is 1. The third kappa shape index (κ3) is 5.87. The number of aromatic carboxylic acids is 1. The van der Waals surface area contributed by atoms with E-state index >= 15 is 0 Å². The Morgan fingerprint density at radius 3 is 2.48 bits per heavy atom. The molecule has 0 unspecified atom stereocenters. The molecule has 0 saturated heterocycles. The average molecular weight is 653 g/mol. The molecule has 0 radical (unpaired) electrons. The summed E-state index contributed by atoms with van der Waals surface area (Å²) in [6.45, 7) is 6.11. The minimum Gasteiger partial charge on any atom is -0.478 e. The molecule has 8 nitrogen and oxygen atoms in total. The lowest BCUT2D eigenvalue weighted by atomic mass is 9.91. The number of thiazole rings is 1. The number of hydrogen-bond acceptors (Lipinski definition) is 7. The summed E-state index contributed by atoms with van der Waals surface area (Å²) in [5, 5.41) is 9.74. The van der Waals surface area contributed by atoms with E-state index in [0.29, 0.717) is 43.1 Å². The standard InChI is InChI=1S/C36H29ClN2O6S/c1-4-44-35(43)30-31(22-8-6-5-7-9-22)38-36-39(32(30)23-12-10-21(11-13-23)20(2)3)33(40)29(46-36)19-25-15-17-28(45-25)26-18-24(34(41)42)14-16-27(26)37/h5-20,32H,4H2,1-3H3,(H,41,42)/b29-19-/t32-/m0/s1. The Bertz CT molecular complexity index is 2180. The number of benzene rings is 3. The van der Waals surface area contributed by atoms with Gasteiger partial charge in [-0.3, -0.25) is 9.36 Å². The van der Waals surface area contributed by atoms with Crippen molar-refractivity contribution in [3.63, 3.8) is 0 Å². The average Bonchev–Trinajstić information content (AvgIpc) is 3.64. The molecular formula is C36H29ClN2O6S. The van der Waals surface area contributed by atoms with Gasteiger partial charge in [0.15, 0.2) is 4.80 Å². The smallest absolute Gasteiger partial charge is 0.338 e. The zero-order valence-electron chi connectivity index (χ0n) is 25.2. The number of rotatable bonds is 8. The molecule has 1 aliphatic rings. The quantitative estimate of drug-likeness (QED) is 0.188. The first-order chi connectivity index (χ1) is 22.2. The second kappa shape index (κ2) is 12.8. The monoisotopic (exact) mass is 652 g/mol. The number of furan rings is 1. The number of carboxylic acids is 1. The van der Waals surface area contributed by atoms with E-state index in [4.69, 9.17) is 25.7 Å². The van der Waals surface area contributed by atoms with Crippen molar-refractivity contribution in [2.45, 2.75) is 32.7 Å². The van der Waals surface area contributed by atoms with Crippen LogP contribution < -0.4 is 14.9 Å². The minimum absolute atomic E-state index is 0.0683. The van der Waals surface area contributed by atoms with Crippen LogP contribution in [0.3, 0.4) is 0 Å². The van der Waals surface area contributed by atoms with Crippen LogP contribution >= 0.6 is 22.9 Å². The Kier molecular flexibility index (Phi) is 8.62. The number of hydrogen-bond donors (Lipinski definition) is 1. The molecule has 0 bridgehead atoms. The zero-order valence-corrected chi connectivity index (χ0v) is 26.8. The van der Waals surface area contributed by atoms with Gasteiger partial charge in [-0.2, -0.15) is 0 Å². The van der Waals surface area contributed by atoms with E-state index < -0.39 is 18.0 Å². The van der Waals surface area contributed by atoms with Crippen LogP contribution in [-0.4, -0.2) is 28.2 Å². The lowest BCUT2D eigenvalue weighted by molar-refractivity contribution is -0.138. The molecule has 2 aromatic heterocycles. The first kappa shape index (κ1) is 31.0. The molecule has 0 saturated carbocycles. The summed E-state index contributed by atoms with van der Waals surface area (Å²) in [5.41, 5.74) is 3.46. The molecule has 10 heteroatoms. The Morgan fingerprint density at radius 2 is 1.80 bits per heavy atom. The maximum atomic E-state index is 14.2. The van der Waals surface area contributed by atoms with E-state index in [1.54, 1.807) is 25.1 Å². The number of halogens is 1. The first-order valence-electron chi connectivity index (χ1n) is 14.7. The van der Waals surface area contributed by atoms with Crippen LogP contribution in [0.4, 0.5) is 0 Å². The number of carboxylic acid groups (broad SMARTS) is 1. The molecule has 3 heterocycles. The van der Waals surface area contributed by atoms with Gasteiger partial charge in [0, 0.05) is 17.2 Å². The van der Waals surface area contributed by atoms with Gasteiger partial charge in [-0.25, -0.2) is 14.6 Å². The highest BCUT2D eigenvalue weighted by Crippen LogP contribution is 2.36. The van der Waals surface area contributed by atoms with Crippen LogP contribution in [-0.2, 0) is 9.53 Å². The van der Waals surface area contributed by atoms with E-state index in [9.17, 15) is 19.5 Å². The molecule has 1 aliphatic heterocycles. The molecule has 0 spiro atoms. The van der Waals surface area contributed by atoms with E-state index in [0.717, 1.165) is 16.7 Å². The molecule has 0 amide bonds. The number of aromatic nitrogens is 1. The predicted molar refractivity (Wildman–Crippen MR) is 178 cm³/mol. The van der Waals surface area contributed by atoms with Gasteiger partial charge >= 0.3 is 11.9 Å². The molecular weight excluding hydrogens is 624 g/mol. The topological polar surface area (TPSA) is 111 Å². The molecule has 0 aliphatic carbocycles. The molecule has 6 rings (SSSR count). The summed E-state index contributed by atoms with van der Waals surface area (Å²) in [4.78, 5) is 44.6. The summed E-state index contributed by atoms with van der Waals surface area (Å²) in [5.74, 6) is -0.616. The van der Waals surface area contributed by atoms with Crippen LogP contribution in [0.25, 0.3) is 23.1 Å². The predicted octanol–water partition coefficient (Wildman–Crippen LogP) is 6.67. The normalized spacial score (nSPS) is 14.7. The molecule has 1 N–H and O–H groups in total. The molecule has 5 aromatic rings. The summed E-state index contributed by atoms with van der Waals surface area (Å²) < 4.78 is 13.4. The van der Waals surface area contributed by atoms with Crippen molar-refractivity contribution < 1.29 is 23.8 Å². The highest BCUT2D eigenvalue weighted by Gasteiger charge is 2.35. The summed E-state index contributed by atoms with van der Waals surface area (Å²) in [7, 11) is 0. The third-order valence-corrected chi connectivity index (χ3v) is 8.98. The Labute approximate surface area is 273 Å². The van der Waals surface area contributed by atoms with Gasteiger partial charge < -0.3 is 14.3 Å². The maximum Gasteiger partial charge on any atom is 0.338 e. The fraction of sp³-hybridized carbons (Fsp3) is 0.167. The van der Waals surface area contributed by atoms with Crippen LogP contribution in [0.2, 0.25) is 5.02 Å². The van der Waals surface area contributed by atoms with Crippen molar-refractivity contribution in [1.29, 1.82) is 0 Å². The van der Waals surface area contributed by atoms with E-state index in [2.05, 4.69) is 13.8 Å². The van der Waals surface area contributed by atoms with Gasteiger partial charge in [0.25, 0.3) is 5.56 Å². The highest BCUT2D eigenvalue weighted by atomic mass is 35.5. The number of nitrogens with zero attached hydrogens (tertiary/aromatic N) is 2. The number of carbonyl (C=O) groups excluding carboxylic acids is 1. The van der Waals surface area contributed by atoms with Crippen molar-refractivity contribution in [2.75, 3.05) is 6.61 Å². The minimum atomic E-state index is -1.09. The largest absolute Gasteiger partial charge is 0.478 e. The number of esters is 1. The SMILES string of the molecule is CCOC(=O)C1=C(c2ccccc2)N=c2s/c(=C\c3ccc(-c4cc(C(=O)O)ccc4Cl)o3)c(=O)n2[C@H]1c1ccc(C(C)C)cc1. The van der Waals surface area contributed by atoms with Crippen molar-refractivity contribution in [3.8, 4) is 11.3 Å². The number of ether oxygens (including phenoxy) is 1. The maximum absolute atomic E-state index is 14.2. The highest BCUT2D eigenvalue weighted by molar-refractivity contribution is 7.07. The van der Waals surface area contributed by atoms with Crippen LogP contribution in [0.5, 0.6) is 0 Å². The molecule has 1 atom stereocenters. The number of carbonyl (C=O) groups is 2. The van der Waals surface area contributed by atoms with Crippen molar-refractivity contribution in [2.24, 2.45) is 4.99 Å². The lowest BCUT2D eigenvalue weighted by Crippen LogP contribution is -2.40. The molecule has 3 aromatic carbocycles. The van der Waals surface area contributed by atoms with Gasteiger partial charge in [0.05, 0.1) is 39.0 Å². The summed E-state index contributed by atoms with van der Waals surface area (Å²) in [6.07, 6.45) is 1.61. The van der Waals surface area contributed by atoms with Gasteiger partial charge in [0.2, 0.25) is 0 Å². The fourth-order valence-electron chi connectivity index (χ4n) is 5.37. The Balaban J connectivity index is 1.54. The lowest BCUT2D eigenvalue weighted by Gasteiger charge is -2.26. The molecule has 232 valence electrons. The zero-order chi connectivity index (χ0) is 32.5. The van der Waals surface area contributed by atoms with Crippen LogP contribution in [0.1, 0.15) is 65.5 Å². The molecule has 46 heavy (non-hydrogen) atoms. The third-order valence-electron chi connectivity index (χ3n) is 7.67. The Hall–Kier alpha value is -4.99. The van der Waals surface area contributed by atoms with Gasteiger partial charge in [-0.15, -0.1) is 0 Å². The second-order valence-electron chi connectivity index (χ2n) is 11.0. The van der Waals surface area contributed by atoms with Crippen LogP contribution in [0.15, 0.2) is 105 Å². The first-order valence-corrected chi connectivity index (χ1v) is 15.9. The molecule has 0 fully saturated rings. The summed E-state index contributed by atoms with van der Waals surface area (Å²) >= 11 is 7.54. The van der Waals surface area contributed by atoms with E-state index in [-0.39, 0.29) is 23.3 Å². The van der Waals surface area contributed by atoms with Crippen molar-refractivity contribution in [1.82, 2.24) is 4.57 Å². The van der Waals surface area contributed by atoms with E-state index in [1.165, 1.54) is 34.1 Å². The summed E-state index contributed by atoms with van der Waals surface area (Å²) in [6, 6.07) is 24.2. The second-order valence-corrected chi connectivity index (χ2v) is 12.4. The Morgan fingerprint density at radius 1 is 1.07 bits per heavy atom.